The molecule has 0 aliphatic carbocycles. The quantitative estimate of drug-likeness (QED) is 0.801. The minimum atomic E-state index is -3.91. The summed E-state index contributed by atoms with van der Waals surface area (Å²) in [7, 11) is -3.91. The summed E-state index contributed by atoms with van der Waals surface area (Å²) in [5.74, 6) is 0. The van der Waals surface area contributed by atoms with E-state index in [1.807, 2.05) is 6.92 Å². The Labute approximate surface area is 155 Å². The van der Waals surface area contributed by atoms with Gasteiger partial charge in [0.25, 0.3) is 10.1 Å². The molecule has 1 N–H and O–H groups in total. The molecule has 2 rings (SSSR count). The summed E-state index contributed by atoms with van der Waals surface area (Å²) in [6.45, 7) is 9.13. The molecule has 1 aliphatic rings. The molecule has 1 aliphatic heterocycles. The summed E-state index contributed by atoms with van der Waals surface area (Å²) in [5, 5.41) is 2.71. The standard InChI is InChI=1S/C18H27NO6S/c1-12-6-8-15(13(2)10-12)26(21,22)25-16-9-7-14(11-23-16)19-17(20)24-18(3,4)5/h6,8,10,14,16H,7,9,11H2,1-5H3,(H,19,20)/t14-,16+/m1/s1. The van der Waals surface area contributed by atoms with E-state index in [0.29, 0.717) is 18.4 Å². The average Bonchev–Trinajstić information content (AvgIpc) is 2.46. The van der Waals surface area contributed by atoms with Crippen LogP contribution in [0.3, 0.4) is 0 Å². The first-order valence-electron chi connectivity index (χ1n) is 8.58. The first-order valence-corrected chi connectivity index (χ1v) is 9.99. The van der Waals surface area contributed by atoms with Gasteiger partial charge < -0.3 is 14.8 Å². The van der Waals surface area contributed by atoms with Crippen molar-refractivity contribution in [1.29, 1.82) is 0 Å². The number of aryl methyl sites for hydroxylation is 2. The number of amides is 1. The van der Waals surface area contributed by atoms with Crippen molar-refractivity contribution >= 4 is 16.2 Å². The van der Waals surface area contributed by atoms with Gasteiger partial charge in [-0.05, 0) is 52.7 Å². The number of alkyl carbamates (subject to hydrolysis) is 1. The molecule has 1 saturated heterocycles. The molecule has 1 amide bonds. The van der Waals surface area contributed by atoms with Crippen LogP contribution in [0.4, 0.5) is 4.79 Å². The lowest BCUT2D eigenvalue weighted by atomic mass is 10.1. The Balaban J connectivity index is 1.89. The van der Waals surface area contributed by atoms with Gasteiger partial charge in [-0.2, -0.15) is 8.42 Å². The summed E-state index contributed by atoms with van der Waals surface area (Å²) in [5.41, 5.74) is 1.03. The van der Waals surface area contributed by atoms with Crippen molar-refractivity contribution in [3.05, 3.63) is 29.3 Å². The molecule has 0 radical (unpaired) electrons. The molecule has 1 aromatic carbocycles. The van der Waals surface area contributed by atoms with Crippen molar-refractivity contribution in [2.24, 2.45) is 0 Å². The van der Waals surface area contributed by atoms with E-state index in [4.69, 9.17) is 13.7 Å². The molecule has 0 aromatic heterocycles. The van der Waals surface area contributed by atoms with Crippen LogP contribution in [0.1, 0.15) is 44.7 Å². The van der Waals surface area contributed by atoms with Gasteiger partial charge in [-0.15, -0.1) is 0 Å². The van der Waals surface area contributed by atoms with Crippen molar-refractivity contribution in [2.75, 3.05) is 6.61 Å². The lowest BCUT2D eigenvalue weighted by Gasteiger charge is -2.30. The topological polar surface area (TPSA) is 90.9 Å². The van der Waals surface area contributed by atoms with Gasteiger partial charge in [-0.1, -0.05) is 17.7 Å². The summed E-state index contributed by atoms with van der Waals surface area (Å²) in [6, 6.07) is 4.81. The molecule has 8 heteroatoms. The van der Waals surface area contributed by atoms with Gasteiger partial charge in [0, 0.05) is 6.42 Å². The smallest absolute Gasteiger partial charge is 0.407 e. The van der Waals surface area contributed by atoms with E-state index in [1.165, 1.54) is 6.07 Å². The van der Waals surface area contributed by atoms with Crippen molar-refractivity contribution in [3.8, 4) is 0 Å². The summed E-state index contributed by atoms with van der Waals surface area (Å²) < 4.78 is 40.8. The van der Waals surface area contributed by atoms with Gasteiger partial charge in [0.15, 0.2) is 6.29 Å². The molecule has 0 unspecified atom stereocenters. The SMILES string of the molecule is Cc1ccc(S(=O)(=O)O[C@H]2CC[C@@H](NC(=O)OC(C)(C)C)CO2)c(C)c1. The first-order chi connectivity index (χ1) is 12.0. The molecular weight excluding hydrogens is 358 g/mol. The monoisotopic (exact) mass is 385 g/mol. The van der Waals surface area contributed by atoms with E-state index < -0.39 is 28.1 Å². The second kappa shape index (κ2) is 7.94. The van der Waals surface area contributed by atoms with Crippen molar-refractivity contribution in [3.63, 3.8) is 0 Å². The lowest BCUT2D eigenvalue weighted by molar-refractivity contribution is -0.112. The third kappa shape index (κ3) is 5.96. The zero-order chi connectivity index (χ0) is 19.5. The zero-order valence-electron chi connectivity index (χ0n) is 15.9. The fourth-order valence-electron chi connectivity index (χ4n) is 2.66. The normalized spacial score (nSPS) is 21.3. The molecule has 1 aromatic rings. The molecule has 0 spiro atoms. The molecule has 146 valence electrons. The number of rotatable bonds is 4. The lowest BCUT2D eigenvalue weighted by Crippen LogP contribution is -2.45. The van der Waals surface area contributed by atoms with E-state index in [9.17, 15) is 13.2 Å². The number of nitrogens with one attached hydrogen (secondary N) is 1. The number of carbonyl (C=O) groups is 1. The predicted molar refractivity (Wildman–Crippen MR) is 96.3 cm³/mol. The number of hydrogen-bond donors (Lipinski definition) is 1. The highest BCUT2D eigenvalue weighted by Crippen LogP contribution is 2.24. The van der Waals surface area contributed by atoms with Crippen LogP contribution in [0, 0.1) is 13.8 Å². The van der Waals surface area contributed by atoms with Gasteiger partial charge in [0.1, 0.15) is 5.60 Å². The third-order valence-corrected chi connectivity index (χ3v) is 5.25. The van der Waals surface area contributed by atoms with Gasteiger partial charge in [-0.3, -0.25) is 0 Å². The molecule has 1 fully saturated rings. The largest absolute Gasteiger partial charge is 0.444 e. The summed E-state index contributed by atoms with van der Waals surface area (Å²) in [6.07, 6.45) is -0.498. The maximum Gasteiger partial charge on any atom is 0.407 e. The Hall–Kier alpha value is -1.64. The van der Waals surface area contributed by atoms with Crippen LogP contribution in [-0.2, 0) is 23.8 Å². The Morgan fingerprint density at radius 1 is 1.23 bits per heavy atom. The molecule has 0 saturated carbocycles. The van der Waals surface area contributed by atoms with E-state index in [2.05, 4.69) is 5.32 Å². The van der Waals surface area contributed by atoms with E-state index >= 15 is 0 Å². The molecule has 7 nitrogen and oxygen atoms in total. The Morgan fingerprint density at radius 2 is 1.92 bits per heavy atom. The van der Waals surface area contributed by atoms with E-state index in [0.717, 1.165) is 5.56 Å². The van der Waals surface area contributed by atoms with Crippen molar-refractivity contribution < 1.29 is 26.9 Å². The van der Waals surface area contributed by atoms with Crippen LogP contribution in [0.25, 0.3) is 0 Å². The fourth-order valence-corrected chi connectivity index (χ4v) is 3.89. The number of carbonyl (C=O) groups excluding carboxylic acids is 1. The van der Waals surface area contributed by atoms with Crippen LogP contribution in [0.5, 0.6) is 0 Å². The average molecular weight is 385 g/mol. The molecule has 2 atom stereocenters. The molecular formula is C18H27NO6S. The second-order valence-corrected chi connectivity index (χ2v) is 9.04. The highest BCUT2D eigenvalue weighted by atomic mass is 32.2. The summed E-state index contributed by atoms with van der Waals surface area (Å²) >= 11 is 0. The van der Waals surface area contributed by atoms with Gasteiger partial charge in [0.2, 0.25) is 0 Å². The Morgan fingerprint density at radius 3 is 2.46 bits per heavy atom. The van der Waals surface area contributed by atoms with Gasteiger partial charge >= 0.3 is 6.09 Å². The Kier molecular flexibility index (Phi) is 6.31. The van der Waals surface area contributed by atoms with Crippen LogP contribution < -0.4 is 5.32 Å². The predicted octanol–water partition coefficient (Wildman–Crippen LogP) is 3.04. The number of benzene rings is 1. The molecule has 1 heterocycles. The van der Waals surface area contributed by atoms with Crippen LogP contribution in [0.2, 0.25) is 0 Å². The fraction of sp³-hybridized carbons (Fsp3) is 0.611. The Bertz CT molecular complexity index is 745. The minimum absolute atomic E-state index is 0.140. The highest BCUT2D eigenvalue weighted by molar-refractivity contribution is 7.86. The van der Waals surface area contributed by atoms with Crippen LogP contribution >= 0.6 is 0 Å². The van der Waals surface area contributed by atoms with Gasteiger partial charge in [-0.25, -0.2) is 8.98 Å². The first kappa shape index (κ1) is 20.7. The summed E-state index contributed by atoms with van der Waals surface area (Å²) in [4.78, 5) is 11.9. The van der Waals surface area contributed by atoms with Crippen LogP contribution in [-0.4, -0.2) is 39.1 Å². The van der Waals surface area contributed by atoms with Crippen molar-refractivity contribution in [1.82, 2.24) is 5.32 Å². The zero-order valence-corrected chi connectivity index (χ0v) is 16.7. The highest BCUT2D eigenvalue weighted by Gasteiger charge is 2.30. The number of ether oxygens (including phenoxy) is 2. The third-order valence-electron chi connectivity index (χ3n) is 3.79. The van der Waals surface area contributed by atoms with Crippen LogP contribution in [0.15, 0.2) is 23.1 Å². The maximum atomic E-state index is 12.5. The molecule has 0 bridgehead atoms. The minimum Gasteiger partial charge on any atom is -0.444 e. The molecule has 26 heavy (non-hydrogen) atoms. The van der Waals surface area contributed by atoms with E-state index in [-0.39, 0.29) is 17.5 Å². The maximum absolute atomic E-state index is 12.5. The van der Waals surface area contributed by atoms with E-state index in [1.54, 1.807) is 39.8 Å². The van der Waals surface area contributed by atoms with Crippen molar-refractivity contribution in [2.45, 2.75) is 70.3 Å². The second-order valence-electron chi connectivity index (χ2n) is 7.50. The number of hydrogen-bond acceptors (Lipinski definition) is 6. The van der Waals surface area contributed by atoms with Gasteiger partial charge in [0.05, 0.1) is 17.5 Å².